The van der Waals surface area contributed by atoms with Crippen LogP contribution < -0.4 is 0 Å². The lowest BCUT2D eigenvalue weighted by atomic mass is 11.9. The second-order valence-electron chi connectivity index (χ2n) is 0.384. The Hall–Kier alpha value is 1.37. The molecule has 0 aromatic carbocycles. The van der Waals surface area contributed by atoms with Gasteiger partial charge in [-0.1, -0.05) is 23.8 Å². The van der Waals surface area contributed by atoms with Gasteiger partial charge in [-0.15, -0.1) is 0 Å². The maximum Gasteiger partial charge on any atom is 0.148 e. The third kappa shape index (κ3) is 5.37. The predicted molar refractivity (Wildman–Crippen MR) is 39.5 cm³/mol. The topological polar surface area (TPSA) is 0 Å². The van der Waals surface area contributed by atoms with Gasteiger partial charge in [0.25, 0.3) is 0 Å². The van der Waals surface area contributed by atoms with Crippen molar-refractivity contribution in [2.75, 3.05) is 0 Å². The SMILES string of the molecule is S=C(Cl)SSCl. The molecule has 0 aliphatic heterocycles. The van der Waals surface area contributed by atoms with Gasteiger partial charge in [-0.3, -0.25) is 0 Å². The summed E-state index contributed by atoms with van der Waals surface area (Å²) in [6.07, 6.45) is 0. The Kier molecular flexibility index (Phi) is 5.56. The standard InChI is InChI=1S/CCl2S3/c2-1(4)5-6-3. The molecule has 0 aromatic rings. The Balaban J connectivity index is 2.83. The Labute approximate surface area is 58.9 Å². The summed E-state index contributed by atoms with van der Waals surface area (Å²) in [6, 6.07) is 0. The molecule has 0 N–H and O–H groups in total. The van der Waals surface area contributed by atoms with Crippen molar-refractivity contribution in [2.24, 2.45) is 0 Å². The molecule has 0 heterocycles. The zero-order valence-corrected chi connectivity index (χ0v) is 6.44. The first-order chi connectivity index (χ1) is 2.77. The molecule has 0 atom stereocenters. The van der Waals surface area contributed by atoms with Crippen LogP contribution >= 0.6 is 55.3 Å². The van der Waals surface area contributed by atoms with E-state index < -0.39 is 0 Å². The number of rotatable bonds is 1. The van der Waals surface area contributed by atoms with Gasteiger partial charge in [-0.05, 0) is 21.5 Å². The zero-order chi connectivity index (χ0) is 4.99. The van der Waals surface area contributed by atoms with E-state index in [1.54, 1.807) is 0 Å². The third-order valence-corrected chi connectivity index (χ3v) is 2.62. The van der Waals surface area contributed by atoms with Crippen LogP contribution in [0, 0.1) is 0 Å². The van der Waals surface area contributed by atoms with Crippen molar-refractivity contribution >= 4 is 59.0 Å². The van der Waals surface area contributed by atoms with Gasteiger partial charge >= 0.3 is 0 Å². The Morgan fingerprint density at radius 3 is 2.17 bits per heavy atom. The van der Waals surface area contributed by atoms with Crippen molar-refractivity contribution in [1.82, 2.24) is 0 Å². The minimum absolute atomic E-state index is 0.343. The van der Waals surface area contributed by atoms with Crippen molar-refractivity contribution in [3.63, 3.8) is 0 Å². The Bertz CT molecular complexity index is 52.8. The molecule has 0 saturated heterocycles. The molecule has 0 aliphatic carbocycles. The zero-order valence-electron chi connectivity index (χ0n) is 2.48. The van der Waals surface area contributed by atoms with E-state index in [0.717, 1.165) is 10.0 Å². The maximum atomic E-state index is 5.17. The van der Waals surface area contributed by atoms with Crippen molar-refractivity contribution in [3.8, 4) is 0 Å². The van der Waals surface area contributed by atoms with Gasteiger partial charge in [-0.2, -0.15) is 0 Å². The van der Waals surface area contributed by atoms with Crippen molar-refractivity contribution < 1.29 is 0 Å². The molecule has 36 valence electrons. The molecular formula is CCl2S3. The molecule has 0 aromatic heterocycles. The van der Waals surface area contributed by atoms with Gasteiger partial charge < -0.3 is 0 Å². The molecule has 0 radical (unpaired) electrons. The maximum absolute atomic E-state index is 5.17. The van der Waals surface area contributed by atoms with Crippen LogP contribution in [-0.2, 0) is 0 Å². The minimum Gasteiger partial charge on any atom is -0.0629 e. The van der Waals surface area contributed by atoms with E-state index in [2.05, 4.69) is 12.2 Å². The largest absolute Gasteiger partial charge is 0.148 e. The van der Waals surface area contributed by atoms with Gasteiger partial charge in [-0.25, -0.2) is 0 Å². The monoisotopic (exact) mass is 178 g/mol. The predicted octanol–water partition coefficient (Wildman–Crippen LogP) is 3.05. The van der Waals surface area contributed by atoms with E-state index in [-0.39, 0.29) is 0 Å². The van der Waals surface area contributed by atoms with Gasteiger partial charge in [0.1, 0.15) is 3.66 Å². The number of thiocarbonyl (C=S) groups is 1. The average Bonchev–Trinajstić information content (AvgIpc) is 1.35. The first-order valence-corrected chi connectivity index (χ1v) is 4.68. The molecule has 0 fully saturated rings. The van der Waals surface area contributed by atoms with Crippen LogP contribution in [0.5, 0.6) is 0 Å². The number of halogens is 2. The fourth-order valence-corrected chi connectivity index (χ4v) is 2.01. The van der Waals surface area contributed by atoms with Crippen LogP contribution in [0.25, 0.3) is 0 Å². The van der Waals surface area contributed by atoms with Crippen molar-refractivity contribution in [2.45, 2.75) is 0 Å². The highest BCUT2D eigenvalue weighted by Crippen LogP contribution is 2.28. The molecule has 5 heteroatoms. The highest BCUT2D eigenvalue weighted by Gasteiger charge is 1.85. The highest BCUT2D eigenvalue weighted by molar-refractivity contribution is 8.91. The average molecular weight is 179 g/mol. The highest BCUT2D eigenvalue weighted by atomic mass is 35.7. The van der Waals surface area contributed by atoms with E-state index in [9.17, 15) is 0 Å². The second-order valence-corrected chi connectivity index (χ2v) is 4.59. The molecule has 0 saturated carbocycles. The summed E-state index contributed by atoms with van der Waals surface area (Å²) in [4.78, 5) is 0. The lowest BCUT2D eigenvalue weighted by Crippen LogP contribution is -1.56. The van der Waals surface area contributed by atoms with Gasteiger partial charge in [0.2, 0.25) is 0 Å². The quantitative estimate of drug-likeness (QED) is 0.345. The summed E-state index contributed by atoms with van der Waals surface area (Å²) in [6.45, 7) is 0. The molecular weight excluding hydrogens is 179 g/mol. The van der Waals surface area contributed by atoms with Gasteiger partial charge in [0, 0.05) is 10.0 Å². The molecule has 0 amide bonds. The van der Waals surface area contributed by atoms with E-state index >= 15 is 0 Å². The van der Waals surface area contributed by atoms with E-state index in [1.165, 1.54) is 10.8 Å². The molecule has 6 heavy (non-hydrogen) atoms. The van der Waals surface area contributed by atoms with E-state index in [4.69, 9.17) is 22.3 Å². The molecule has 0 nitrogen and oxygen atoms in total. The Morgan fingerprint density at radius 1 is 1.67 bits per heavy atom. The van der Waals surface area contributed by atoms with Crippen LogP contribution in [0.2, 0.25) is 0 Å². The third-order valence-electron chi connectivity index (χ3n) is 0.0970. The molecule has 0 bridgehead atoms. The first kappa shape index (κ1) is 7.37. The summed E-state index contributed by atoms with van der Waals surface area (Å²) >= 11 is 9.58. The van der Waals surface area contributed by atoms with Crippen LogP contribution in [0.4, 0.5) is 0 Å². The summed E-state index contributed by atoms with van der Waals surface area (Å²) < 4.78 is 0.343. The van der Waals surface area contributed by atoms with Crippen molar-refractivity contribution in [3.05, 3.63) is 0 Å². The van der Waals surface area contributed by atoms with Gasteiger partial charge in [0.15, 0.2) is 0 Å². The molecule has 0 rings (SSSR count). The number of hydrogen-bond donors (Lipinski definition) is 0. The van der Waals surface area contributed by atoms with Crippen molar-refractivity contribution in [1.29, 1.82) is 0 Å². The van der Waals surface area contributed by atoms with Crippen LogP contribution in [0.15, 0.2) is 0 Å². The summed E-state index contributed by atoms with van der Waals surface area (Å²) in [7, 11) is 7.29. The summed E-state index contributed by atoms with van der Waals surface area (Å²) in [5.41, 5.74) is 0. The smallest absolute Gasteiger partial charge is 0.0629 e. The van der Waals surface area contributed by atoms with E-state index in [1.807, 2.05) is 0 Å². The van der Waals surface area contributed by atoms with Crippen LogP contribution in [0.1, 0.15) is 0 Å². The number of hydrogen-bond acceptors (Lipinski definition) is 3. The van der Waals surface area contributed by atoms with Crippen LogP contribution in [-0.4, -0.2) is 3.66 Å². The Morgan fingerprint density at radius 2 is 2.17 bits per heavy atom. The van der Waals surface area contributed by atoms with E-state index in [0.29, 0.717) is 3.66 Å². The lowest BCUT2D eigenvalue weighted by Gasteiger charge is -1.78. The van der Waals surface area contributed by atoms with Gasteiger partial charge in [0.05, 0.1) is 0 Å². The molecule has 0 unspecified atom stereocenters. The minimum atomic E-state index is 0.343. The van der Waals surface area contributed by atoms with Crippen LogP contribution in [0.3, 0.4) is 0 Å². The fourth-order valence-electron chi connectivity index (χ4n) is 0.0248. The fraction of sp³-hybridized carbons (Fsp3) is 0. The lowest BCUT2D eigenvalue weighted by molar-refractivity contribution is 4.02. The molecule has 0 aliphatic rings. The summed E-state index contributed by atoms with van der Waals surface area (Å²) in [5.74, 6) is 0. The first-order valence-electron chi connectivity index (χ1n) is 0.918. The normalized spacial score (nSPS) is 8.33. The molecule has 0 spiro atoms. The summed E-state index contributed by atoms with van der Waals surface area (Å²) in [5, 5.41) is 0. The second kappa shape index (κ2) is 4.53.